The molecule has 2 aromatic carbocycles. The fourth-order valence-corrected chi connectivity index (χ4v) is 3.28. The van der Waals surface area contributed by atoms with Gasteiger partial charge in [-0.25, -0.2) is 0 Å². The van der Waals surface area contributed by atoms with Gasteiger partial charge in [0.1, 0.15) is 0 Å². The van der Waals surface area contributed by atoms with Crippen LogP contribution < -0.4 is 5.32 Å². The normalized spacial score (nSPS) is 14.6. The van der Waals surface area contributed by atoms with E-state index in [1.54, 1.807) is 0 Å². The van der Waals surface area contributed by atoms with Crippen LogP contribution in [0, 0.1) is 0 Å². The van der Waals surface area contributed by atoms with Crippen LogP contribution in [0.4, 0.5) is 13.2 Å². The van der Waals surface area contributed by atoms with Crippen LogP contribution in [0.15, 0.2) is 53.4 Å². The van der Waals surface area contributed by atoms with Crippen molar-refractivity contribution >= 4 is 17.7 Å². The SMILES string of the molecule is O=C(NC1Cc2ccccc2C1)c1ccc(SC(F)(F)F)cc1. The van der Waals surface area contributed by atoms with Crippen molar-refractivity contribution < 1.29 is 18.0 Å². The second-order valence-electron chi connectivity index (χ2n) is 5.42. The lowest BCUT2D eigenvalue weighted by molar-refractivity contribution is -0.0328. The molecule has 6 heteroatoms. The molecule has 0 unspecified atom stereocenters. The van der Waals surface area contributed by atoms with Gasteiger partial charge in [-0.2, -0.15) is 13.2 Å². The minimum absolute atomic E-state index is 0.0316. The van der Waals surface area contributed by atoms with Crippen molar-refractivity contribution in [2.75, 3.05) is 0 Å². The number of alkyl halides is 3. The zero-order chi connectivity index (χ0) is 16.4. The highest BCUT2D eigenvalue weighted by Crippen LogP contribution is 2.36. The van der Waals surface area contributed by atoms with Crippen molar-refractivity contribution in [3.63, 3.8) is 0 Å². The van der Waals surface area contributed by atoms with Gasteiger partial charge in [-0.15, -0.1) is 0 Å². The first kappa shape index (κ1) is 15.9. The highest BCUT2D eigenvalue weighted by molar-refractivity contribution is 8.00. The zero-order valence-electron chi connectivity index (χ0n) is 12.1. The van der Waals surface area contributed by atoms with Crippen LogP contribution in [0.3, 0.4) is 0 Å². The number of hydrogen-bond donors (Lipinski definition) is 1. The predicted octanol–water partition coefficient (Wildman–Crippen LogP) is 4.20. The fraction of sp³-hybridized carbons (Fsp3) is 0.235. The molecule has 2 nitrogen and oxygen atoms in total. The summed E-state index contributed by atoms with van der Waals surface area (Å²) in [5.74, 6) is -0.258. The summed E-state index contributed by atoms with van der Waals surface area (Å²) in [6.45, 7) is 0. The van der Waals surface area contributed by atoms with Crippen LogP contribution in [0.2, 0.25) is 0 Å². The smallest absolute Gasteiger partial charge is 0.349 e. The van der Waals surface area contributed by atoms with Crippen LogP contribution in [0.1, 0.15) is 21.5 Å². The van der Waals surface area contributed by atoms with E-state index in [1.807, 2.05) is 24.3 Å². The molecule has 1 amide bonds. The van der Waals surface area contributed by atoms with Crippen molar-refractivity contribution in [3.05, 3.63) is 65.2 Å². The molecule has 0 saturated carbocycles. The number of carbonyl (C=O) groups is 1. The third-order valence-corrected chi connectivity index (χ3v) is 4.48. The molecule has 2 aromatic rings. The molecule has 1 N–H and O–H groups in total. The lowest BCUT2D eigenvalue weighted by Gasteiger charge is -2.12. The summed E-state index contributed by atoms with van der Waals surface area (Å²) in [7, 11) is 0. The molecule has 3 rings (SSSR count). The highest BCUT2D eigenvalue weighted by Gasteiger charge is 2.29. The molecule has 0 spiro atoms. The first-order valence-corrected chi connectivity index (χ1v) is 7.96. The van der Waals surface area contributed by atoms with Crippen LogP contribution in [-0.4, -0.2) is 17.5 Å². The Kier molecular flexibility index (Phi) is 4.35. The number of fused-ring (bicyclic) bond motifs is 1. The standard InChI is InChI=1S/C17H14F3NOS/c18-17(19,20)23-15-7-5-11(6-8-15)16(22)21-14-9-12-3-1-2-4-13(12)10-14/h1-8,14H,9-10H2,(H,21,22). The third kappa shape index (κ3) is 4.07. The van der Waals surface area contributed by atoms with Gasteiger partial charge in [0.15, 0.2) is 0 Å². The molecule has 0 aliphatic heterocycles. The van der Waals surface area contributed by atoms with Crippen LogP contribution in [0.25, 0.3) is 0 Å². The number of thioether (sulfide) groups is 1. The van der Waals surface area contributed by atoms with E-state index in [9.17, 15) is 18.0 Å². The van der Waals surface area contributed by atoms with E-state index in [4.69, 9.17) is 0 Å². The Morgan fingerprint density at radius 3 is 2.09 bits per heavy atom. The Bertz CT molecular complexity index is 688. The van der Waals surface area contributed by atoms with Crippen molar-refractivity contribution in [2.45, 2.75) is 29.3 Å². The molecular formula is C17H14F3NOS. The van der Waals surface area contributed by atoms with E-state index in [-0.39, 0.29) is 28.6 Å². The van der Waals surface area contributed by atoms with Gasteiger partial charge < -0.3 is 5.32 Å². The van der Waals surface area contributed by atoms with E-state index >= 15 is 0 Å². The van der Waals surface area contributed by atoms with Crippen LogP contribution >= 0.6 is 11.8 Å². The van der Waals surface area contributed by atoms with Crippen LogP contribution in [0.5, 0.6) is 0 Å². The maximum Gasteiger partial charge on any atom is 0.446 e. The summed E-state index contributed by atoms with van der Waals surface area (Å²) >= 11 is -0.186. The zero-order valence-corrected chi connectivity index (χ0v) is 12.9. The Hall–Kier alpha value is -1.95. The van der Waals surface area contributed by atoms with Gasteiger partial charge in [-0.3, -0.25) is 4.79 Å². The van der Waals surface area contributed by atoms with Gasteiger partial charge in [0.25, 0.3) is 5.91 Å². The molecule has 0 saturated heterocycles. The second-order valence-corrected chi connectivity index (χ2v) is 6.56. The van der Waals surface area contributed by atoms with E-state index in [2.05, 4.69) is 5.32 Å². The molecule has 23 heavy (non-hydrogen) atoms. The third-order valence-electron chi connectivity index (χ3n) is 3.74. The van der Waals surface area contributed by atoms with Gasteiger partial charge in [-0.05, 0) is 60.0 Å². The number of nitrogens with one attached hydrogen (secondary N) is 1. The van der Waals surface area contributed by atoms with Crippen molar-refractivity contribution in [1.29, 1.82) is 0 Å². The van der Waals surface area contributed by atoms with Crippen LogP contribution in [-0.2, 0) is 12.8 Å². The van der Waals surface area contributed by atoms with Crippen molar-refractivity contribution in [1.82, 2.24) is 5.32 Å². The number of carbonyl (C=O) groups excluding carboxylic acids is 1. The average molecular weight is 337 g/mol. The Labute approximate surface area is 136 Å². The summed E-state index contributed by atoms with van der Waals surface area (Å²) in [5.41, 5.74) is -1.49. The molecule has 0 radical (unpaired) electrons. The maximum absolute atomic E-state index is 12.3. The Morgan fingerprint density at radius 2 is 1.57 bits per heavy atom. The highest BCUT2D eigenvalue weighted by atomic mass is 32.2. The summed E-state index contributed by atoms with van der Waals surface area (Å²) in [6, 6.07) is 13.5. The molecule has 120 valence electrons. The molecule has 0 atom stereocenters. The quantitative estimate of drug-likeness (QED) is 0.851. The molecule has 0 fully saturated rings. The van der Waals surface area contributed by atoms with Gasteiger partial charge >= 0.3 is 5.51 Å². The number of benzene rings is 2. The van der Waals surface area contributed by atoms with Crippen molar-refractivity contribution in [2.24, 2.45) is 0 Å². The number of rotatable bonds is 3. The Balaban J connectivity index is 1.61. The Morgan fingerprint density at radius 1 is 1.00 bits per heavy atom. The van der Waals surface area contributed by atoms with Crippen molar-refractivity contribution in [3.8, 4) is 0 Å². The van der Waals surface area contributed by atoms with E-state index in [0.29, 0.717) is 5.56 Å². The predicted molar refractivity (Wildman–Crippen MR) is 83.5 cm³/mol. The van der Waals surface area contributed by atoms with Gasteiger partial charge in [0, 0.05) is 16.5 Å². The largest absolute Gasteiger partial charge is 0.446 e. The molecule has 0 aromatic heterocycles. The first-order valence-electron chi connectivity index (χ1n) is 7.14. The number of halogens is 3. The average Bonchev–Trinajstić information content (AvgIpc) is 2.88. The molecule has 0 heterocycles. The molecule has 0 bridgehead atoms. The lowest BCUT2D eigenvalue weighted by atomic mass is 10.1. The number of hydrogen-bond acceptors (Lipinski definition) is 2. The van der Waals surface area contributed by atoms with E-state index in [0.717, 1.165) is 12.8 Å². The monoisotopic (exact) mass is 337 g/mol. The lowest BCUT2D eigenvalue weighted by Crippen LogP contribution is -2.35. The topological polar surface area (TPSA) is 29.1 Å². The first-order chi connectivity index (χ1) is 10.9. The summed E-state index contributed by atoms with van der Waals surface area (Å²) in [5, 5.41) is 2.94. The minimum Gasteiger partial charge on any atom is -0.349 e. The van der Waals surface area contributed by atoms with E-state index in [1.165, 1.54) is 35.4 Å². The van der Waals surface area contributed by atoms with E-state index < -0.39 is 5.51 Å². The fourth-order valence-electron chi connectivity index (χ4n) is 2.74. The summed E-state index contributed by atoms with van der Waals surface area (Å²) in [4.78, 5) is 12.3. The summed E-state index contributed by atoms with van der Waals surface area (Å²) < 4.78 is 36.9. The number of amides is 1. The maximum atomic E-state index is 12.3. The molecule has 1 aliphatic carbocycles. The van der Waals surface area contributed by atoms with Gasteiger partial charge in [0.05, 0.1) is 0 Å². The second kappa shape index (κ2) is 6.28. The van der Waals surface area contributed by atoms with Gasteiger partial charge in [-0.1, -0.05) is 24.3 Å². The minimum atomic E-state index is -4.32. The molecular weight excluding hydrogens is 323 g/mol. The van der Waals surface area contributed by atoms with Gasteiger partial charge in [0.2, 0.25) is 0 Å². The molecule has 1 aliphatic rings. The summed E-state index contributed by atoms with van der Waals surface area (Å²) in [6.07, 6.45) is 1.56.